The van der Waals surface area contributed by atoms with Gasteiger partial charge < -0.3 is 15.0 Å². The summed E-state index contributed by atoms with van der Waals surface area (Å²) < 4.78 is 76.1. The number of aromatic amines is 1. The molecule has 0 spiro atoms. The number of halogens is 6. The minimum absolute atomic E-state index is 0.0118. The van der Waals surface area contributed by atoms with Crippen LogP contribution in [0.4, 0.5) is 38.1 Å². The summed E-state index contributed by atoms with van der Waals surface area (Å²) in [5.74, 6) is -2.26. The van der Waals surface area contributed by atoms with Crippen molar-refractivity contribution in [2.75, 3.05) is 10.6 Å². The molecule has 11 heteroatoms. The summed E-state index contributed by atoms with van der Waals surface area (Å²) in [6, 6.07) is 10.9. The minimum atomic E-state index is -4.65. The summed E-state index contributed by atoms with van der Waals surface area (Å²) in [6.07, 6.45) is -4.88. The zero-order valence-corrected chi connectivity index (χ0v) is 21.7. The minimum Gasteiger partial charge on any atom is -0.443 e. The summed E-state index contributed by atoms with van der Waals surface area (Å²) in [6.45, 7) is 5.08. The van der Waals surface area contributed by atoms with E-state index in [1.54, 1.807) is 45.2 Å². The first-order valence-electron chi connectivity index (χ1n) is 12.0. The van der Waals surface area contributed by atoms with Crippen molar-refractivity contribution in [3.8, 4) is 11.1 Å². The van der Waals surface area contributed by atoms with Gasteiger partial charge in [-0.3, -0.25) is 5.32 Å². The second-order valence-corrected chi connectivity index (χ2v) is 10.4. The molecule has 1 aliphatic heterocycles. The summed E-state index contributed by atoms with van der Waals surface area (Å²) >= 11 is 5.74. The Hall–Kier alpha value is -3.79. The highest BCUT2D eigenvalue weighted by atomic mass is 35.5. The molecule has 2 heterocycles. The Bertz CT molecular complexity index is 1600. The van der Waals surface area contributed by atoms with E-state index in [0.717, 1.165) is 23.6 Å². The second kappa shape index (κ2) is 9.44. The fourth-order valence-corrected chi connectivity index (χ4v) is 5.54. The van der Waals surface area contributed by atoms with Gasteiger partial charge in [0.2, 0.25) is 0 Å². The topological polar surface area (TPSA) is 66.1 Å². The van der Waals surface area contributed by atoms with Gasteiger partial charge in [0.15, 0.2) is 0 Å². The Balaban J connectivity index is 1.46. The third-order valence-electron chi connectivity index (χ3n) is 6.95. The van der Waals surface area contributed by atoms with Gasteiger partial charge in [-0.05, 0) is 49.6 Å². The van der Waals surface area contributed by atoms with E-state index in [0.29, 0.717) is 11.1 Å². The molecule has 0 bridgehead atoms. The van der Waals surface area contributed by atoms with Crippen LogP contribution in [0.2, 0.25) is 5.02 Å². The Labute approximate surface area is 225 Å². The average molecular weight is 564 g/mol. The van der Waals surface area contributed by atoms with E-state index in [-0.39, 0.29) is 22.5 Å². The highest BCUT2D eigenvalue weighted by molar-refractivity contribution is 6.31. The van der Waals surface area contributed by atoms with Crippen LogP contribution in [0.15, 0.2) is 54.7 Å². The quantitative estimate of drug-likeness (QED) is 0.218. The largest absolute Gasteiger partial charge is 0.443 e. The van der Waals surface area contributed by atoms with Crippen LogP contribution < -0.4 is 10.6 Å². The number of alkyl halides is 3. The second-order valence-electron chi connectivity index (χ2n) is 10.0. The predicted octanol–water partition coefficient (Wildman–Crippen LogP) is 8.71. The molecule has 0 saturated carbocycles. The summed E-state index contributed by atoms with van der Waals surface area (Å²) in [7, 11) is 0. The van der Waals surface area contributed by atoms with E-state index in [2.05, 4.69) is 15.6 Å². The molecule has 5 rings (SSSR count). The number of para-hydroxylation sites is 1. The molecule has 0 fully saturated rings. The van der Waals surface area contributed by atoms with E-state index in [4.69, 9.17) is 16.3 Å². The number of benzene rings is 3. The van der Waals surface area contributed by atoms with Crippen molar-refractivity contribution in [2.45, 2.75) is 44.5 Å². The number of H-pyrrole nitrogens is 1. The van der Waals surface area contributed by atoms with Crippen molar-refractivity contribution in [1.82, 2.24) is 4.98 Å². The number of amides is 1. The number of ether oxygens (including phenoxy) is 1. The molecule has 1 aromatic heterocycles. The maximum Gasteiger partial charge on any atom is 0.417 e. The summed E-state index contributed by atoms with van der Waals surface area (Å²) in [4.78, 5) is 15.8. The van der Waals surface area contributed by atoms with Gasteiger partial charge >= 0.3 is 12.3 Å². The number of hydrogen-bond acceptors (Lipinski definition) is 3. The van der Waals surface area contributed by atoms with Gasteiger partial charge in [0.05, 0.1) is 27.2 Å². The molecule has 39 heavy (non-hydrogen) atoms. The first kappa shape index (κ1) is 26.8. The highest BCUT2D eigenvalue weighted by Crippen LogP contribution is 2.46. The van der Waals surface area contributed by atoms with E-state index in [1.165, 1.54) is 6.07 Å². The van der Waals surface area contributed by atoms with Gasteiger partial charge in [0.25, 0.3) is 0 Å². The molecule has 0 aliphatic carbocycles. The lowest BCUT2D eigenvalue weighted by molar-refractivity contribution is -0.137. The zero-order chi connectivity index (χ0) is 28.3. The van der Waals surface area contributed by atoms with Gasteiger partial charge in [-0.25, -0.2) is 13.6 Å². The smallest absolute Gasteiger partial charge is 0.417 e. The lowest BCUT2D eigenvalue weighted by Gasteiger charge is -2.44. The van der Waals surface area contributed by atoms with Gasteiger partial charge in [0, 0.05) is 34.6 Å². The first-order chi connectivity index (χ1) is 18.3. The number of anilines is 2. The zero-order valence-electron chi connectivity index (χ0n) is 20.9. The Kier molecular flexibility index (Phi) is 6.49. The first-order valence-corrected chi connectivity index (χ1v) is 12.4. The Morgan fingerprint density at radius 2 is 1.85 bits per heavy atom. The number of rotatable bonds is 3. The summed E-state index contributed by atoms with van der Waals surface area (Å²) in [5.41, 5.74) is -0.915. The molecule has 4 aromatic rings. The lowest BCUT2D eigenvalue weighted by Crippen LogP contribution is -2.52. The van der Waals surface area contributed by atoms with Crippen molar-refractivity contribution in [2.24, 2.45) is 0 Å². The van der Waals surface area contributed by atoms with Crippen LogP contribution in [0.5, 0.6) is 0 Å². The fourth-order valence-electron chi connectivity index (χ4n) is 5.25. The molecule has 3 aromatic carbocycles. The maximum absolute atomic E-state index is 16.1. The number of hydrogen-bond donors (Lipinski definition) is 3. The Morgan fingerprint density at radius 1 is 1.10 bits per heavy atom. The molecule has 5 nitrogen and oxygen atoms in total. The molecular weight excluding hydrogens is 541 g/mol. The maximum atomic E-state index is 16.1. The normalized spacial score (nSPS) is 18.4. The number of aromatic nitrogens is 1. The number of carbonyl (C=O) groups is 1. The number of carbonyl (C=O) groups excluding carboxylic acids is 1. The van der Waals surface area contributed by atoms with Crippen LogP contribution in [-0.4, -0.2) is 22.7 Å². The van der Waals surface area contributed by atoms with E-state index < -0.39 is 52.1 Å². The molecule has 0 unspecified atom stereocenters. The highest BCUT2D eigenvalue weighted by Gasteiger charge is 2.45. The lowest BCUT2D eigenvalue weighted by atomic mass is 9.77. The monoisotopic (exact) mass is 563 g/mol. The van der Waals surface area contributed by atoms with E-state index in [9.17, 15) is 18.0 Å². The predicted molar refractivity (Wildman–Crippen MR) is 140 cm³/mol. The number of fused-ring (bicyclic) bond motifs is 2. The molecular formula is C28H23ClF5N3O2. The third-order valence-corrected chi connectivity index (χ3v) is 7.26. The van der Waals surface area contributed by atoms with Gasteiger partial charge in [0.1, 0.15) is 17.7 Å². The average Bonchev–Trinajstić information content (AvgIpc) is 3.30. The van der Waals surface area contributed by atoms with Crippen molar-refractivity contribution in [3.05, 3.63) is 82.5 Å². The molecule has 204 valence electrons. The van der Waals surface area contributed by atoms with Crippen molar-refractivity contribution in [1.29, 1.82) is 0 Å². The van der Waals surface area contributed by atoms with Gasteiger partial charge in [-0.2, -0.15) is 13.2 Å². The molecule has 0 radical (unpaired) electrons. The van der Waals surface area contributed by atoms with Crippen LogP contribution in [0.1, 0.15) is 37.8 Å². The SMILES string of the molecule is C[C@H]1c2c(cc(F)c(-c3cccc4cc[nH]c34)c2F)NC(C)(C)[C@@H]1OC(=O)Nc1ccc(C(F)(F)F)c(Cl)c1. The number of nitrogens with one attached hydrogen (secondary N) is 3. The third kappa shape index (κ3) is 4.78. The van der Waals surface area contributed by atoms with E-state index >= 15 is 8.78 Å². The van der Waals surface area contributed by atoms with Gasteiger partial charge in [-0.1, -0.05) is 36.7 Å². The van der Waals surface area contributed by atoms with Gasteiger partial charge in [-0.15, -0.1) is 0 Å². The van der Waals surface area contributed by atoms with Crippen LogP contribution >= 0.6 is 11.6 Å². The van der Waals surface area contributed by atoms with Crippen LogP contribution in [0.3, 0.4) is 0 Å². The van der Waals surface area contributed by atoms with Crippen molar-refractivity contribution >= 4 is 40.0 Å². The molecule has 1 amide bonds. The molecule has 0 saturated heterocycles. The van der Waals surface area contributed by atoms with Crippen LogP contribution in [0.25, 0.3) is 22.0 Å². The molecule has 1 aliphatic rings. The van der Waals surface area contributed by atoms with Crippen molar-refractivity contribution in [3.63, 3.8) is 0 Å². The fraction of sp³-hybridized carbons (Fsp3) is 0.250. The van der Waals surface area contributed by atoms with E-state index in [1.807, 2.05) is 6.07 Å². The van der Waals surface area contributed by atoms with Crippen LogP contribution in [-0.2, 0) is 10.9 Å². The Morgan fingerprint density at radius 3 is 2.54 bits per heavy atom. The molecule has 3 N–H and O–H groups in total. The molecule has 2 atom stereocenters. The van der Waals surface area contributed by atoms with Crippen LogP contribution in [0, 0.1) is 11.6 Å². The summed E-state index contributed by atoms with van der Waals surface area (Å²) in [5, 5.41) is 5.65. The van der Waals surface area contributed by atoms with Crippen molar-refractivity contribution < 1.29 is 31.5 Å². The standard InChI is InChI=1S/C28H23ClF5N3O2/c1-13-21-20(12-19(30)22(23(21)31)16-6-4-5-14-9-10-35-24(14)16)37-27(2,3)25(13)39-26(38)36-15-7-8-17(18(29)11-15)28(32,33)34/h4-13,25,35,37H,1-3H3,(H,36,38)/t13-,25+/m0/s1.